The van der Waals surface area contributed by atoms with Crippen LogP contribution >= 0.6 is 11.8 Å². The van der Waals surface area contributed by atoms with E-state index in [2.05, 4.69) is 17.4 Å². The van der Waals surface area contributed by atoms with E-state index in [0.717, 1.165) is 22.3 Å². The number of aliphatic carboxylic acids is 1. The topological polar surface area (TPSA) is 105 Å². The Morgan fingerprint density at radius 1 is 1.09 bits per heavy atom. The van der Waals surface area contributed by atoms with Gasteiger partial charge in [-0.15, -0.1) is 0 Å². The molecule has 0 aliphatic heterocycles. The Morgan fingerprint density at radius 2 is 1.71 bits per heavy atom. The van der Waals surface area contributed by atoms with Crippen molar-refractivity contribution in [2.24, 2.45) is 0 Å². The highest BCUT2D eigenvalue weighted by Crippen LogP contribution is 2.44. The number of hydrogen-bond donors (Lipinski definition) is 2. The van der Waals surface area contributed by atoms with Gasteiger partial charge in [-0.2, -0.15) is 11.8 Å². The SMILES string of the molecule is COCCC(NC(=O)OCC1c2ccccc2-c2ccccc21)C(=O)N(CCSC)CC(=O)O. The number of benzene rings is 2. The second kappa shape index (κ2) is 12.4. The number of alkyl carbamates (subject to hydrolysis) is 1. The molecule has 2 aromatic rings. The summed E-state index contributed by atoms with van der Waals surface area (Å²) in [4.78, 5) is 38.2. The van der Waals surface area contributed by atoms with Crippen LogP contribution in [0.15, 0.2) is 48.5 Å². The molecule has 34 heavy (non-hydrogen) atoms. The second-order valence-corrected chi connectivity index (χ2v) is 8.94. The van der Waals surface area contributed by atoms with Crippen LogP contribution in [0.5, 0.6) is 0 Å². The summed E-state index contributed by atoms with van der Waals surface area (Å²) in [6.07, 6.45) is 1.35. The second-order valence-electron chi connectivity index (χ2n) is 7.95. The number of amides is 2. The van der Waals surface area contributed by atoms with Gasteiger partial charge in [0.2, 0.25) is 5.91 Å². The van der Waals surface area contributed by atoms with E-state index in [1.54, 1.807) is 0 Å². The summed E-state index contributed by atoms with van der Waals surface area (Å²) in [5.41, 5.74) is 4.43. The number of fused-ring (bicyclic) bond motifs is 3. The van der Waals surface area contributed by atoms with Crippen molar-refractivity contribution < 1.29 is 29.0 Å². The first-order chi connectivity index (χ1) is 16.5. The van der Waals surface area contributed by atoms with E-state index in [0.29, 0.717) is 5.75 Å². The molecule has 0 bridgehead atoms. The predicted molar refractivity (Wildman–Crippen MR) is 131 cm³/mol. The van der Waals surface area contributed by atoms with Crippen molar-refractivity contribution in [2.45, 2.75) is 18.4 Å². The van der Waals surface area contributed by atoms with Gasteiger partial charge in [0.1, 0.15) is 19.2 Å². The molecule has 0 fully saturated rings. The van der Waals surface area contributed by atoms with Gasteiger partial charge in [0.05, 0.1) is 0 Å². The molecule has 8 nitrogen and oxygen atoms in total. The fraction of sp³-hybridized carbons (Fsp3) is 0.400. The molecule has 0 saturated heterocycles. The van der Waals surface area contributed by atoms with E-state index in [9.17, 15) is 19.5 Å². The number of carboxylic acids is 1. The summed E-state index contributed by atoms with van der Waals surface area (Å²) in [6.45, 7) is 0.178. The third-order valence-electron chi connectivity index (χ3n) is 5.75. The molecule has 1 aliphatic rings. The minimum atomic E-state index is -1.11. The lowest BCUT2D eigenvalue weighted by Gasteiger charge is -2.26. The Hall–Kier alpha value is -3.04. The van der Waals surface area contributed by atoms with Crippen molar-refractivity contribution >= 4 is 29.7 Å². The van der Waals surface area contributed by atoms with Crippen LogP contribution < -0.4 is 5.32 Å². The third kappa shape index (κ3) is 6.30. The average Bonchev–Trinajstić information content (AvgIpc) is 3.16. The summed E-state index contributed by atoms with van der Waals surface area (Å²) < 4.78 is 10.6. The fourth-order valence-corrected chi connectivity index (χ4v) is 4.53. The maximum Gasteiger partial charge on any atom is 0.407 e. The Bertz CT molecular complexity index is 969. The van der Waals surface area contributed by atoms with Gasteiger partial charge < -0.3 is 24.8 Å². The van der Waals surface area contributed by atoms with Gasteiger partial charge in [0.25, 0.3) is 0 Å². The molecule has 2 amide bonds. The average molecular weight is 487 g/mol. The third-order valence-corrected chi connectivity index (χ3v) is 6.34. The van der Waals surface area contributed by atoms with Crippen LogP contribution in [0.25, 0.3) is 11.1 Å². The quantitative estimate of drug-likeness (QED) is 0.475. The predicted octanol–water partition coefficient (Wildman–Crippen LogP) is 3.21. The number of nitrogens with zero attached hydrogens (tertiary/aromatic N) is 1. The maximum atomic E-state index is 13.0. The van der Waals surface area contributed by atoms with Crippen molar-refractivity contribution in [3.05, 3.63) is 59.7 Å². The molecule has 3 rings (SSSR count). The molecule has 1 unspecified atom stereocenters. The standard InChI is InChI=1S/C25H30N2O6S/c1-32-13-11-22(24(30)27(12-14-34-2)15-23(28)29)26-25(31)33-16-21-19-9-5-3-7-17(19)18-8-4-6-10-20(18)21/h3-10,21-22H,11-16H2,1-2H3,(H,26,31)(H,28,29). The van der Waals surface area contributed by atoms with Crippen LogP contribution in [0.3, 0.4) is 0 Å². The van der Waals surface area contributed by atoms with Gasteiger partial charge in [0, 0.05) is 38.4 Å². The van der Waals surface area contributed by atoms with Gasteiger partial charge in [-0.3, -0.25) is 9.59 Å². The number of carboxylic acid groups (broad SMARTS) is 1. The number of rotatable bonds is 12. The summed E-state index contributed by atoms with van der Waals surface area (Å²) in [5.74, 6) is -1.10. The van der Waals surface area contributed by atoms with E-state index >= 15 is 0 Å². The first-order valence-electron chi connectivity index (χ1n) is 11.1. The lowest BCUT2D eigenvalue weighted by atomic mass is 9.98. The number of ether oxygens (including phenoxy) is 2. The van der Waals surface area contributed by atoms with Crippen LogP contribution in [-0.4, -0.2) is 79.4 Å². The van der Waals surface area contributed by atoms with E-state index < -0.39 is 30.6 Å². The lowest BCUT2D eigenvalue weighted by Crippen LogP contribution is -2.51. The number of nitrogens with one attached hydrogen (secondary N) is 1. The van der Waals surface area contributed by atoms with Crippen LogP contribution in [0, 0.1) is 0 Å². The molecule has 9 heteroatoms. The molecule has 0 spiro atoms. The largest absolute Gasteiger partial charge is 0.480 e. The summed E-state index contributed by atoms with van der Waals surface area (Å²) in [7, 11) is 1.50. The molecule has 2 aromatic carbocycles. The van der Waals surface area contributed by atoms with Crippen molar-refractivity contribution in [3.63, 3.8) is 0 Å². The first kappa shape index (κ1) is 25.6. The van der Waals surface area contributed by atoms with Gasteiger partial charge in [-0.05, 0) is 28.5 Å². The van der Waals surface area contributed by atoms with E-state index in [1.807, 2.05) is 42.7 Å². The number of carbonyl (C=O) groups is 3. The van der Waals surface area contributed by atoms with Crippen molar-refractivity contribution in [1.29, 1.82) is 0 Å². The normalized spacial score (nSPS) is 13.0. The highest BCUT2D eigenvalue weighted by atomic mass is 32.2. The van der Waals surface area contributed by atoms with E-state index in [1.165, 1.54) is 23.8 Å². The number of carbonyl (C=O) groups excluding carboxylic acids is 2. The molecule has 0 radical (unpaired) electrons. The molecule has 1 aliphatic carbocycles. The van der Waals surface area contributed by atoms with Crippen molar-refractivity contribution in [3.8, 4) is 11.1 Å². The van der Waals surface area contributed by atoms with Gasteiger partial charge in [-0.25, -0.2) is 4.79 Å². The highest BCUT2D eigenvalue weighted by molar-refractivity contribution is 7.98. The van der Waals surface area contributed by atoms with Crippen LogP contribution in [0.2, 0.25) is 0 Å². The maximum absolute atomic E-state index is 13.0. The van der Waals surface area contributed by atoms with Gasteiger partial charge in [0.15, 0.2) is 0 Å². The summed E-state index contributed by atoms with van der Waals surface area (Å²) in [6, 6.07) is 15.1. The van der Waals surface area contributed by atoms with E-state index in [-0.39, 0.29) is 32.1 Å². The minimum absolute atomic E-state index is 0.101. The fourth-order valence-electron chi connectivity index (χ4n) is 4.13. The molecule has 0 heterocycles. The van der Waals surface area contributed by atoms with Crippen LogP contribution in [-0.2, 0) is 19.1 Å². The molecule has 2 N–H and O–H groups in total. The van der Waals surface area contributed by atoms with Crippen molar-refractivity contribution in [1.82, 2.24) is 10.2 Å². The smallest absolute Gasteiger partial charge is 0.407 e. The summed E-state index contributed by atoms with van der Waals surface area (Å²) >= 11 is 1.51. The molecule has 182 valence electrons. The number of thioether (sulfide) groups is 1. The van der Waals surface area contributed by atoms with Gasteiger partial charge in [-0.1, -0.05) is 48.5 Å². The van der Waals surface area contributed by atoms with E-state index in [4.69, 9.17) is 9.47 Å². The summed E-state index contributed by atoms with van der Waals surface area (Å²) in [5, 5.41) is 11.8. The minimum Gasteiger partial charge on any atom is -0.480 e. The molecule has 0 aromatic heterocycles. The van der Waals surface area contributed by atoms with Gasteiger partial charge >= 0.3 is 12.1 Å². The zero-order chi connectivity index (χ0) is 24.5. The lowest BCUT2D eigenvalue weighted by molar-refractivity contribution is -0.145. The first-order valence-corrected chi connectivity index (χ1v) is 12.5. The highest BCUT2D eigenvalue weighted by Gasteiger charge is 2.31. The Balaban J connectivity index is 1.68. The molecular weight excluding hydrogens is 456 g/mol. The molecular formula is C25H30N2O6S. The molecule has 0 saturated carbocycles. The number of methoxy groups -OCH3 is 1. The number of hydrogen-bond acceptors (Lipinski definition) is 6. The van der Waals surface area contributed by atoms with Crippen LogP contribution in [0.4, 0.5) is 4.79 Å². The zero-order valence-electron chi connectivity index (χ0n) is 19.4. The monoisotopic (exact) mass is 486 g/mol. The Kier molecular flexibility index (Phi) is 9.35. The van der Waals surface area contributed by atoms with Crippen molar-refractivity contribution in [2.75, 3.05) is 45.4 Å². The molecule has 1 atom stereocenters. The Labute approximate surface area is 203 Å². The Morgan fingerprint density at radius 3 is 2.26 bits per heavy atom. The zero-order valence-corrected chi connectivity index (χ0v) is 20.2. The van der Waals surface area contributed by atoms with Crippen LogP contribution in [0.1, 0.15) is 23.5 Å².